The van der Waals surface area contributed by atoms with Crippen molar-refractivity contribution in [3.8, 4) is 0 Å². The molecule has 2 rings (SSSR count). The Morgan fingerprint density at radius 1 is 1.23 bits per heavy atom. The van der Waals surface area contributed by atoms with Gasteiger partial charge in [-0.2, -0.15) is 0 Å². The normalized spacial score (nSPS) is 18.5. The largest absolute Gasteiger partial charge is 0.393 e. The average Bonchev–Trinajstić information content (AvgIpc) is 2.99. The minimum atomic E-state index is -0.0554. The Morgan fingerprint density at radius 3 is 2.54 bits per heavy atom. The molecule has 0 spiro atoms. The molecule has 1 nitrogen and oxygen atoms in total. The molecule has 1 atom stereocenters. The highest BCUT2D eigenvalue weighted by molar-refractivity contribution is 5.14. The Labute approximate surface area is 79.4 Å². The number of hydrogen-bond acceptors (Lipinski definition) is 1. The lowest BCUT2D eigenvalue weighted by Gasteiger charge is -2.08. The summed E-state index contributed by atoms with van der Waals surface area (Å²) in [5, 5.41) is 9.65. The van der Waals surface area contributed by atoms with Gasteiger partial charge in [0.2, 0.25) is 0 Å². The van der Waals surface area contributed by atoms with Gasteiger partial charge in [-0.15, -0.1) is 0 Å². The van der Waals surface area contributed by atoms with E-state index >= 15 is 0 Å². The molecule has 0 unspecified atom stereocenters. The number of aliphatic hydroxyl groups is 1. The molecule has 13 heavy (non-hydrogen) atoms. The number of rotatable bonds is 4. The summed E-state index contributed by atoms with van der Waals surface area (Å²) in [6.07, 6.45) is 4.35. The van der Waals surface area contributed by atoms with Gasteiger partial charge in [-0.05, 0) is 37.2 Å². The first-order valence-electron chi connectivity index (χ1n) is 5.08. The summed E-state index contributed by atoms with van der Waals surface area (Å²) in [6, 6.07) is 10.4. The molecule has 1 saturated carbocycles. The lowest BCUT2D eigenvalue weighted by molar-refractivity contribution is 0.142. The van der Waals surface area contributed by atoms with Crippen LogP contribution in [-0.4, -0.2) is 11.2 Å². The van der Waals surface area contributed by atoms with E-state index in [4.69, 9.17) is 0 Å². The maximum absolute atomic E-state index is 9.65. The first-order chi connectivity index (χ1) is 6.36. The molecule has 0 aliphatic heterocycles. The predicted octanol–water partition coefficient (Wildman–Crippen LogP) is 2.39. The summed E-state index contributed by atoms with van der Waals surface area (Å²) in [5.41, 5.74) is 1.34. The third-order valence-corrected chi connectivity index (χ3v) is 2.74. The second kappa shape index (κ2) is 3.93. The van der Waals surface area contributed by atoms with Crippen LogP contribution in [-0.2, 0) is 6.42 Å². The summed E-state index contributed by atoms with van der Waals surface area (Å²) in [6.45, 7) is 0. The molecule has 70 valence electrons. The van der Waals surface area contributed by atoms with Crippen molar-refractivity contribution in [3.63, 3.8) is 0 Å². The highest BCUT2D eigenvalue weighted by Gasteiger charge is 2.28. The Bertz CT molecular complexity index is 251. The van der Waals surface area contributed by atoms with E-state index in [1.807, 2.05) is 6.07 Å². The summed E-state index contributed by atoms with van der Waals surface area (Å²) in [4.78, 5) is 0. The first kappa shape index (κ1) is 8.76. The van der Waals surface area contributed by atoms with Crippen LogP contribution in [0.25, 0.3) is 0 Å². The Morgan fingerprint density at radius 2 is 1.92 bits per heavy atom. The van der Waals surface area contributed by atoms with Crippen LogP contribution in [0.1, 0.15) is 24.8 Å². The second-order valence-corrected chi connectivity index (χ2v) is 3.93. The predicted molar refractivity (Wildman–Crippen MR) is 53.5 cm³/mol. The number of aliphatic hydroxyl groups excluding tert-OH is 1. The van der Waals surface area contributed by atoms with Gasteiger partial charge < -0.3 is 5.11 Å². The Kier molecular flexibility index (Phi) is 2.65. The van der Waals surface area contributed by atoms with Crippen molar-refractivity contribution < 1.29 is 5.11 Å². The van der Waals surface area contributed by atoms with Crippen molar-refractivity contribution in [3.05, 3.63) is 35.9 Å². The summed E-state index contributed by atoms with van der Waals surface area (Å²) in [7, 11) is 0. The van der Waals surface area contributed by atoms with Gasteiger partial charge in [0.25, 0.3) is 0 Å². The average molecular weight is 176 g/mol. The van der Waals surface area contributed by atoms with Gasteiger partial charge in [0.05, 0.1) is 6.10 Å². The lowest BCUT2D eigenvalue weighted by atomic mass is 10.0. The molecule has 1 N–H and O–H groups in total. The number of benzene rings is 1. The van der Waals surface area contributed by atoms with Crippen LogP contribution in [0.5, 0.6) is 0 Å². The van der Waals surface area contributed by atoms with E-state index in [0.717, 1.165) is 12.8 Å². The fourth-order valence-corrected chi connectivity index (χ4v) is 1.68. The van der Waals surface area contributed by atoms with E-state index in [1.54, 1.807) is 0 Å². The van der Waals surface area contributed by atoms with Crippen LogP contribution in [0.3, 0.4) is 0 Å². The minimum absolute atomic E-state index is 0.0554. The van der Waals surface area contributed by atoms with Gasteiger partial charge >= 0.3 is 0 Å². The van der Waals surface area contributed by atoms with E-state index in [0.29, 0.717) is 5.92 Å². The zero-order valence-corrected chi connectivity index (χ0v) is 7.82. The molecule has 0 saturated heterocycles. The van der Waals surface area contributed by atoms with Crippen molar-refractivity contribution in [1.82, 2.24) is 0 Å². The first-order valence-corrected chi connectivity index (χ1v) is 5.08. The lowest BCUT2D eigenvalue weighted by Crippen LogP contribution is -2.09. The van der Waals surface area contributed by atoms with Crippen molar-refractivity contribution >= 4 is 0 Å². The maximum Gasteiger partial charge on any atom is 0.0571 e. The molecule has 1 heteroatoms. The SMILES string of the molecule is O[C@H](CCc1ccccc1)C1CC1. The number of hydrogen-bond donors (Lipinski definition) is 1. The molecule has 1 aliphatic rings. The molecule has 0 amide bonds. The Balaban J connectivity index is 1.78. The topological polar surface area (TPSA) is 20.2 Å². The van der Waals surface area contributed by atoms with E-state index in [2.05, 4.69) is 24.3 Å². The highest BCUT2D eigenvalue weighted by Crippen LogP contribution is 2.34. The fourth-order valence-electron chi connectivity index (χ4n) is 1.68. The van der Waals surface area contributed by atoms with E-state index in [9.17, 15) is 5.11 Å². The molecule has 0 heterocycles. The summed E-state index contributed by atoms with van der Waals surface area (Å²) in [5.74, 6) is 0.615. The molecule has 1 aliphatic carbocycles. The van der Waals surface area contributed by atoms with Crippen LogP contribution >= 0.6 is 0 Å². The monoisotopic (exact) mass is 176 g/mol. The third-order valence-electron chi connectivity index (χ3n) is 2.74. The molecule has 1 fully saturated rings. The molecule has 0 bridgehead atoms. The van der Waals surface area contributed by atoms with Crippen LogP contribution in [0.4, 0.5) is 0 Å². The van der Waals surface area contributed by atoms with Gasteiger partial charge in [-0.25, -0.2) is 0 Å². The smallest absolute Gasteiger partial charge is 0.0571 e. The van der Waals surface area contributed by atoms with E-state index in [1.165, 1.54) is 18.4 Å². The Hall–Kier alpha value is -0.820. The standard InChI is InChI=1S/C12H16O/c13-12(11-7-8-11)9-6-10-4-2-1-3-5-10/h1-5,11-13H,6-9H2/t12-/m1/s1. The van der Waals surface area contributed by atoms with Crippen LogP contribution in [0, 0.1) is 5.92 Å². The van der Waals surface area contributed by atoms with Gasteiger partial charge in [-0.1, -0.05) is 30.3 Å². The van der Waals surface area contributed by atoms with Crippen molar-refractivity contribution in [1.29, 1.82) is 0 Å². The molecule has 1 aromatic rings. The number of aryl methyl sites for hydroxylation is 1. The minimum Gasteiger partial charge on any atom is -0.393 e. The van der Waals surface area contributed by atoms with Gasteiger partial charge in [0.1, 0.15) is 0 Å². The van der Waals surface area contributed by atoms with Crippen molar-refractivity contribution in [2.75, 3.05) is 0 Å². The second-order valence-electron chi connectivity index (χ2n) is 3.93. The van der Waals surface area contributed by atoms with Crippen LogP contribution in [0.15, 0.2) is 30.3 Å². The molecule has 0 aromatic heterocycles. The zero-order valence-electron chi connectivity index (χ0n) is 7.82. The van der Waals surface area contributed by atoms with Crippen molar-refractivity contribution in [2.45, 2.75) is 31.8 Å². The van der Waals surface area contributed by atoms with Gasteiger partial charge in [0, 0.05) is 0 Å². The quantitative estimate of drug-likeness (QED) is 0.746. The maximum atomic E-state index is 9.65. The third kappa shape index (κ3) is 2.56. The van der Waals surface area contributed by atoms with Crippen molar-refractivity contribution in [2.24, 2.45) is 5.92 Å². The van der Waals surface area contributed by atoms with Crippen LogP contribution in [0.2, 0.25) is 0 Å². The molecular formula is C12H16O. The fraction of sp³-hybridized carbons (Fsp3) is 0.500. The highest BCUT2D eigenvalue weighted by atomic mass is 16.3. The zero-order chi connectivity index (χ0) is 9.10. The van der Waals surface area contributed by atoms with E-state index in [-0.39, 0.29) is 6.10 Å². The summed E-state index contributed by atoms with van der Waals surface area (Å²) < 4.78 is 0. The molecule has 1 aromatic carbocycles. The molecule has 0 radical (unpaired) electrons. The summed E-state index contributed by atoms with van der Waals surface area (Å²) >= 11 is 0. The molecular weight excluding hydrogens is 160 g/mol. The van der Waals surface area contributed by atoms with Gasteiger partial charge in [-0.3, -0.25) is 0 Å². The van der Waals surface area contributed by atoms with Gasteiger partial charge in [0.15, 0.2) is 0 Å². The van der Waals surface area contributed by atoms with E-state index < -0.39 is 0 Å². The van der Waals surface area contributed by atoms with Crippen LogP contribution < -0.4 is 0 Å².